The van der Waals surface area contributed by atoms with E-state index in [0.717, 1.165) is 25.1 Å². The molecule has 0 aliphatic rings. The van der Waals surface area contributed by atoms with Crippen molar-refractivity contribution in [1.29, 1.82) is 0 Å². The second kappa shape index (κ2) is 6.03. The van der Waals surface area contributed by atoms with Gasteiger partial charge in [-0.1, -0.05) is 6.08 Å². The lowest BCUT2D eigenvalue weighted by molar-refractivity contribution is 0.517. The molecule has 0 amide bonds. The molecule has 1 N–H and O–H groups in total. The predicted octanol–water partition coefficient (Wildman–Crippen LogP) is 3.20. The van der Waals surface area contributed by atoms with Crippen molar-refractivity contribution in [2.24, 2.45) is 0 Å². The summed E-state index contributed by atoms with van der Waals surface area (Å²) in [7, 11) is 0. The monoisotopic (exact) mass is 224 g/mol. The van der Waals surface area contributed by atoms with E-state index in [2.05, 4.69) is 37.7 Å². The zero-order valence-corrected chi connectivity index (χ0v) is 10.7. The molecule has 0 saturated heterocycles. The maximum absolute atomic E-state index is 4.50. The van der Waals surface area contributed by atoms with Crippen LogP contribution in [0.25, 0.3) is 0 Å². The van der Waals surface area contributed by atoms with Gasteiger partial charge in [0.05, 0.1) is 5.69 Å². The van der Waals surface area contributed by atoms with Gasteiger partial charge in [0, 0.05) is 17.5 Å². The van der Waals surface area contributed by atoms with Gasteiger partial charge >= 0.3 is 0 Å². The molecule has 15 heavy (non-hydrogen) atoms. The summed E-state index contributed by atoms with van der Waals surface area (Å²) >= 11 is 1.79. The topological polar surface area (TPSA) is 24.9 Å². The molecule has 0 unspecified atom stereocenters. The fourth-order valence-electron chi connectivity index (χ4n) is 1.35. The Morgan fingerprint density at radius 3 is 2.80 bits per heavy atom. The van der Waals surface area contributed by atoms with Gasteiger partial charge in [0.1, 0.15) is 5.01 Å². The third-order valence-corrected chi connectivity index (χ3v) is 3.55. The van der Waals surface area contributed by atoms with E-state index < -0.39 is 0 Å². The third-order valence-electron chi connectivity index (χ3n) is 2.48. The van der Waals surface area contributed by atoms with Crippen LogP contribution < -0.4 is 5.32 Å². The minimum Gasteiger partial charge on any atom is -0.308 e. The SMILES string of the molecule is C=CCC[C@@H](C)NCc1nc(C)c(C)s1. The Labute approximate surface area is 96.4 Å². The molecule has 1 atom stereocenters. The van der Waals surface area contributed by atoms with Crippen LogP contribution in [0, 0.1) is 13.8 Å². The second-order valence-electron chi connectivity index (χ2n) is 3.90. The van der Waals surface area contributed by atoms with Crippen LogP contribution >= 0.6 is 11.3 Å². The molecule has 0 aliphatic carbocycles. The second-order valence-corrected chi connectivity index (χ2v) is 5.18. The number of aryl methyl sites for hydroxylation is 2. The van der Waals surface area contributed by atoms with Crippen molar-refractivity contribution in [3.05, 3.63) is 28.2 Å². The van der Waals surface area contributed by atoms with E-state index in [4.69, 9.17) is 0 Å². The Balaban J connectivity index is 2.33. The van der Waals surface area contributed by atoms with Gasteiger partial charge in [-0.05, 0) is 33.6 Å². The summed E-state index contributed by atoms with van der Waals surface area (Å²) in [6, 6.07) is 0.535. The minimum atomic E-state index is 0.535. The smallest absolute Gasteiger partial charge is 0.107 e. The molecule has 0 bridgehead atoms. The first-order valence-corrected chi connectivity index (χ1v) is 6.22. The molecule has 1 aromatic rings. The lowest BCUT2D eigenvalue weighted by atomic mass is 10.2. The van der Waals surface area contributed by atoms with Crippen molar-refractivity contribution in [2.75, 3.05) is 0 Å². The number of thiazole rings is 1. The number of hydrogen-bond donors (Lipinski definition) is 1. The predicted molar refractivity (Wildman–Crippen MR) is 67.3 cm³/mol. The largest absolute Gasteiger partial charge is 0.308 e. The molecule has 3 heteroatoms. The van der Waals surface area contributed by atoms with E-state index >= 15 is 0 Å². The van der Waals surface area contributed by atoms with Gasteiger partial charge in [-0.15, -0.1) is 17.9 Å². The number of allylic oxidation sites excluding steroid dienone is 1. The first-order valence-electron chi connectivity index (χ1n) is 5.40. The Morgan fingerprint density at radius 2 is 2.27 bits per heavy atom. The Bertz CT molecular complexity index is 298. The molecule has 0 radical (unpaired) electrons. The van der Waals surface area contributed by atoms with Gasteiger partial charge < -0.3 is 5.32 Å². The van der Waals surface area contributed by atoms with E-state index in [1.807, 2.05) is 6.08 Å². The van der Waals surface area contributed by atoms with Crippen molar-refractivity contribution in [2.45, 2.75) is 46.2 Å². The molecule has 1 rings (SSSR count). The summed E-state index contributed by atoms with van der Waals surface area (Å²) in [5.74, 6) is 0. The average Bonchev–Trinajstić information content (AvgIpc) is 2.52. The van der Waals surface area contributed by atoms with Gasteiger partial charge in [0.25, 0.3) is 0 Å². The van der Waals surface area contributed by atoms with Crippen LogP contribution in [0.3, 0.4) is 0 Å². The van der Waals surface area contributed by atoms with E-state index in [9.17, 15) is 0 Å². The van der Waals surface area contributed by atoms with Crippen molar-refractivity contribution in [1.82, 2.24) is 10.3 Å². The van der Waals surface area contributed by atoms with Crippen molar-refractivity contribution in [3.63, 3.8) is 0 Å². The van der Waals surface area contributed by atoms with Gasteiger partial charge in [0.2, 0.25) is 0 Å². The highest BCUT2D eigenvalue weighted by atomic mass is 32.1. The molecule has 0 spiro atoms. The molecule has 0 fully saturated rings. The molecule has 0 aliphatic heterocycles. The lowest BCUT2D eigenvalue weighted by Gasteiger charge is -2.10. The summed E-state index contributed by atoms with van der Waals surface area (Å²) in [4.78, 5) is 5.82. The van der Waals surface area contributed by atoms with Crippen LogP contribution in [0.5, 0.6) is 0 Å². The summed E-state index contributed by atoms with van der Waals surface area (Å²) in [6.07, 6.45) is 4.19. The summed E-state index contributed by atoms with van der Waals surface area (Å²) in [5, 5.41) is 4.66. The van der Waals surface area contributed by atoms with Gasteiger partial charge in [-0.2, -0.15) is 0 Å². The van der Waals surface area contributed by atoms with Crippen LogP contribution in [0.4, 0.5) is 0 Å². The maximum Gasteiger partial charge on any atom is 0.107 e. The summed E-state index contributed by atoms with van der Waals surface area (Å²) in [6.45, 7) is 11.0. The number of nitrogens with zero attached hydrogens (tertiary/aromatic N) is 1. The Morgan fingerprint density at radius 1 is 1.53 bits per heavy atom. The number of nitrogens with one attached hydrogen (secondary N) is 1. The van der Waals surface area contributed by atoms with Crippen LogP contribution in [-0.4, -0.2) is 11.0 Å². The molecular formula is C12H20N2S. The van der Waals surface area contributed by atoms with E-state index in [1.54, 1.807) is 11.3 Å². The minimum absolute atomic E-state index is 0.535. The van der Waals surface area contributed by atoms with Crippen LogP contribution in [0.15, 0.2) is 12.7 Å². The highest BCUT2D eigenvalue weighted by Crippen LogP contribution is 2.16. The van der Waals surface area contributed by atoms with Crippen LogP contribution in [0.2, 0.25) is 0 Å². The zero-order valence-electron chi connectivity index (χ0n) is 9.84. The van der Waals surface area contributed by atoms with E-state index in [0.29, 0.717) is 6.04 Å². The number of hydrogen-bond acceptors (Lipinski definition) is 3. The standard InChI is InChI=1S/C12H20N2S/c1-5-6-7-9(2)13-8-12-14-10(3)11(4)15-12/h5,9,13H,1,6-8H2,2-4H3/t9-/m1/s1. The van der Waals surface area contributed by atoms with Gasteiger partial charge in [-0.25, -0.2) is 4.98 Å². The summed E-state index contributed by atoms with van der Waals surface area (Å²) in [5.41, 5.74) is 1.16. The molecular weight excluding hydrogens is 204 g/mol. The molecule has 0 aromatic carbocycles. The maximum atomic E-state index is 4.50. The van der Waals surface area contributed by atoms with Crippen LogP contribution in [0.1, 0.15) is 35.3 Å². The fraction of sp³-hybridized carbons (Fsp3) is 0.583. The highest BCUT2D eigenvalue weighted by Gasteiger charge is 2.05. The van der Waals surface area contributed by atoms with Crippen LogP contribution in [-0.2, 0) is 6.54 Å². The number of aromatic nitrogens is 1. The molecule has 84 valence electrons. The fourth-order valence-corrected chi connectivity index (χ4v) is 2.23. The summed E-state index contributed by atoms with van der Waals surface area (Å²) < 4.78 is 0. The molecule has 2 nitrogen and oxygen atoms in total. The zero-order chi connectivity index (χ0) is 11.3. The third kappa shape index (κ3) is 4.14. The molecule has 0 saturated carbocycles. The van der Waals surface area contributed by atoms with Crippen molar-refractivity contribution < 1.29 is 0 Å². The average molecular weight is 224 g/mol. The molecule has 1 heterocycles. The van der Waals surface area contributed by atoms with Crippen molar-refractivity contribution >= 4 is 11.3 Å². The lowest BCUT2D eigenvalue weighted by Crippen LogP contribution is -2.25. The first kappa shape index (κ1) is 12.4. The van der Waals surface area contributed by atoms with Gasteiger partial charge in [0.15, 0.2) is 0 Å². The van der Waals surface area contributed by atoms with Crippen molar-refractivity contribution in [3.8, 4) is 0 Å². The highest BCUT2D eigenvalue weighted by molar-refractivity contribution is 7.11. The Kier molecular flexibility index (Phi) is 4.99. The normalized spacial score (nSPS) is 12.7. The van der Waals surface area contributed by atoms with E-state index in [-0.39, 0.29) is 0 Å². The number of rotatable bonds is 6. The quantitative estimate of drug-likeness (QED) is 0.751. The Hall–Kier alpha value is -0.670. The first-order chi connectivity index (χ1) is 7.13. The van der Waals surface area contributed by atoms with E-state index in [1.165, 1.54) is 9.88 Å². The molecule has 1 aromatic heterocycles. The van der Waals surface area contributed by atoms with Gasteiger partial charge in [-0.3, -0.25) is 0 Å².